The summed E-state index contributed by atoms with van der Waals surface area (Å²) in [6.45, 7) is 2.13. The number of carbonyl (C=O) groups excluding carboxylic acids is 1. The van der Waals surface area contributed by atoms with Gasteiger partial charge in [0.25, 0.3) is 0 Å². The third-order valence-corrected chi connectivity index (χ3v) is 3.41. The first-order chi connectivity index (χ1) is 8.09. The third-order valence-electron chi connectivity index (χ3n) is 3.16. The Morgan fingerprint density at radius 2 is 2.06 bits per heavy atom. The lowest BCUT2D eigenvalue weighted by molar-refractivity contribution is -0.151. The summed E-state index contributed by atoms with van der Waals surface area (Å²) in [5.41, 5.74) is 6.05. The molecular weight excluding hydrogens is 238 g/mol. The predicted molar refractivity (Wildman–Crippen MR) is 66.7 cm³/mol. The molecule has 1 saturated carbocycles. The van der Waals surface area contributed by atoms with Gasteiger partial charge in [0.05, 0.1) is 6.61 Å². The quantitative estimate of drug-likeness (QED) is 0.839. The maximum Gasteiger partial charge on any atom is 0.331 e. The SMILES string of the molecule is CCOC(=O)C(N)(c1ccc(Cl)cc1)C1CC1. The first-order valence-corrected chi connectivity index (χ1v) is 6.19. The third kappa shape index (κ3) is 2.31. The minimum atomic E-state index is -1.01. The molecule has 0 heterocycles. The molecule has 0 aliphatic heterocycles. The molecule has 17 heavy (non-hydrogen) atoms. The van der Waals surface area contributed by atoms with Crippen LogP contribution in [-0.4, -0.2) is 12.6 Å². The lowest BCUT2D eigenvalue weighted by Crippen LogP contribution is -2.48. The highest BCUT2D eigenvalue weighted by molar-refractivity contribution is 6.30. The molecule has 1 aromatic carbocycles. The van der Waals surface area contributed by atoms with Crippen LogP contribution in [0.15, 0.2) is 24.3 Å². The maximum atomic E-state index is 12.1. The summed E-state index contributed by atoms with van der Waals surface area (Å²) in [4.78, 5) is 12.1. The van der Waals surface area contributed by atoms with E-state index in [-0.39, 0.29) is 11.9 Å². The number of ether oxygens (including phenoxy) is 1. The zero-order valence-corrected chi connectivity index (χ0v) is 10.5. The monoisotopic (exact) mass is 253 g/mol. The van der Waals surface area contributed by atoms with Gasteiger partial charge in [-0.1, -0.05) is 23.7 Å². The van der Waals surface area contributed by atoms with Crippen LogP contribution in [0, 0.1) is 5.92 Å². The van der Waals surface area contributed by atoms with Gasteiger partial charge < -0.3 is 10.5 Å². The van der Waals surface area contributed by atoms with Gasteiger partial charge in [-0.15, -0.1) is 0 Å². The number of nitrogens with two attached hydrogens (primary N) is 1. The summed E-state index contributed by atoms with van der Waals surface area (Å²) in [5, 5.41) is 0.635. The van der Waals surface area contributed by atoms with E-state index in [9.17, 15) is 4.79 Å². The summed E-state index contributed by atoms with van der Waals surface area (Å²) in [5.74, 6) is -0.160. The van der Waals surface area contributed by atoms with E-state index in [1.54, 1.807) is 31.2 Å². The Morgan fingerprint density at radius 3 is 2.53 bits per heavy atom. The van der Waals surface area contributed by atoms with E-state index in [0.29, 0.717) is 11.6 Å². The van der Waals surface area contributed by atoms with Crippen LogP contribution in [0.1, 0.15) is 25.3 Å². The van der Waals surface area contributed by atoms with Crippen molar-refractivity contribution in [3.8, 4) is 0 Å². The van der Waals surface area contributed by atoms with E-state index < -0.39 is 5.54 Å². The number of esters is 1. The number of rotatable bonds is 4. The van der Waals surface area contributed by atoms with Crippen LogP contribution < -0.4 is 5.73 Å². The van der Waals surface area contributed by atoms with Gasteiger partial charge in [0, 0.05) is 5.02 Å². The standard InChI is InChI=1S/C13H16ClNO2/c1-2-17-12(16)13(15,9-3-4-9)10-5-7-11(14)8-6-10/h5-9H,2-4,15H2,1H3. The fraction of sp³-hybridized carbons (Fsp3) is 0.462. The van der Waals surface area contributed by atoms with Crippen molar-refractivity contribution in [1.29, 1.82) is 0 Å². The van der Waals surface area contributed by atoms with E-state index in [0.717, 1.165) is 18.4 Å². The van der Waals surface area contributed by atoms with Crippen molar-refractivity contribution in [1.82, 2.24) is 0 Å². The van der Waals surface area contributed by atoms with Crippen LogP contribution in [0.25, 0.3) is 0 Å². The normalized spacial score (nSPS) is 18.5. The zero-order chi connectivity index (χ0) is 12.5. The second-order valence-electron chi connectivity index (χ2n) is 4.37. The van der Waals surface area contributed by atoms with Crippen molar-refractivity contribution in [2.24, 2.45) is 11.7 Å². The van der Waals surface area contributed by atoms with Crippen molar-refractivity contribution in [2.45, 2.75) is 25.3 Å². The van der Waals surface area contributed by atoms with Gasteiger partial charge in [-0.25, -0.2) is 4.79 Å². The van der Waals surface area contributed by atoms with Crippen molar-refractivity contribution in [2.75, 3.05) is 6.61 Å². The highest BCUT2D eigenvalue weighted by atomic mass is 35.5. The fourth-order valence-corrected chi connectivity index (χ4v) is 2.16. The number of halogens is 1. The molecule has 3 nitrogen and oxygen atoms in total. The molecule has 0 amide bonds. The molecule has 0 aromatic heterocycles. The van der Waals surface area contributed by atoms with Gasteiger partial charge in [0.1, 0.15) is 5.54 Å². The summed E-state index contributed by atoms with van der Waals surface area (Å²) < 4.78 is 5.10. The molecule has 1 atom stereocenters. The molecule has 0 saturated heterocycles. The van der Waals surface area contributed by atoms with Gasteiger partial charge in [-0.05, 0) is 43.4 Å². The second-order valence-corrected chi connectivity index (χ2v) is 4.81. The van der Waals surface area contributed by atoms with Crippen LogP contribution in [-0.2, 0) is 15.1 Å². The fourth-order valence-electron chi connectivity index (χ4n) is 2.04. The number of hydrogen-bond donors (Lipinski definition) is 1. The molecule has 92 valence electrons. The molecule has 1 fully saturated rings. The molecule has 1 unspecified atom stereocenters. The molecule has 2 rings (SSSR count). The van der Waals surface area contributed by atoms with Gasteiger partial charge in [-0.3, -0.25) is 0 Å². The molecule has 1 aliphatic carbocycles. The highest BCUT2D eigenvalue weighted by Crippen LogP contribution is 2.45. The summed E-state index contributed by atoms with van der Waals surface area (Å²) >= 11 is 5.84. The van der Waals surface area contributed by atoms with Crippen LogP contribution in [0.2, 0.25) is 5.02 Å². The van der Waals surface area contributed by atoms with Crippen molar-refractivity contribution in [3.63, 3.8) is 0 Å². The van der Waals surface area contributed by atoms with Crippen LogP contribution in [0.3, 0.4) is 0 Å². The predicted octanol–water partition coefficient (Wildman–Crippen LogP) is 2.47. The van der Waals surface area contributed by atoms with Crippen molar-refractivity contribution in [3.05, 3.63) is 34.9 Å². The summed E-state index contributed by atoms with van der Waals surface area (Å²) in [6, 6.07) is 7.11. The van der Waals surface area contributed by atoms with E-state index in [1.807, 2.05) is 0 Å². The smallest absolute Gasteiger partial charge is 0.331 e. The van der Waals surface area contributed by atoms with Gasteiger partial charge in [-0.2, -0.15) is 0 Å². The minimum Gasteiger partial charge on any atom is -0.464 e. The summed E-state index contributed by atoms with van der Waals surface area (Å²) in [7, 11) is 0. The Labute approximate surface area is 106 Å². The Hall–Kier alpha value is -1.06. The van der Waals surface area contributed by atoms with Crippen LogP contribution >= 0.6 is 11.6 Å². The van der Waals surface area contributed by atoms with E-state index in [4.69, 9.17) is 22.1 Å². The van der Waals surface area contributed by atoms with Crippen molar-refractivity contribution < 1.29 is 9.53 Å². The van der Waals surface area contributed by atoms with Crippen LogP contribution in [0.4, 0.5) is 0 Å². The first-order valence-electron chi connectivity index (χ1n) is 5.81. The average Bonchev–Trinajstić information content (AvgIpc) is 3.13. The van der Waals surface area contributed by atoms with Crippen LogP contribution in [0.5, 0.6) is 0 Å². The average molecular weight is 254 g/mol. The molecule has 1 aliphatic rings. The molecule has 1 aromatic rings. The van der Waals surface area contributed by atoms with E-state index in [1.165, 1.54) is 0 Å². The number of carbonyl (C=O) groups is 1. The Kier molecular flexibility index (Phi) is 3.40. The first kappa shape index (κ1) is 12.4. The summed E-state index contributed by atoms with van der Waals surface area (Å²) in [6.07, 6.45) is 1.94. The number of hydrogen-bond acceptors (Lipinski definition) is 3. The van der Waals surface area contributed by atoms with E-state index in [2.05, 4.69) is 0 Å². The highest BCUT2D eigenvalue weighted by Gasteiger charge is 2.50. The molecular formula is C13H16ClNO2. The Morgan fingerprint density at radius 1 is 1.47 bits per heavy atom. The molecule has 0 bridgehead atoms. The Bertz CT molecular complexity index is 414. The molecule has 0 spiro atoms. The lowest BCUT2D eigenvalue weighted by atomic mass is 9.86. The second kappa shape index (κ2) is 4.67. The topological polar surface area (TPSA) is 52.3 Å². The maximum absolute atomic E-state index is 12.1. The molecule has 2 N–H and O–H groups in total. The van der Waals surface area contributed by atoms with Gasteiger partial charge in [0.15, 0.2) is 0 Å². The lowest BCUT2D eigenvalue weighted by Gasteiger charge is -2.27. The minimum absolute atomic E-state index is 0.183. The van der Waals surface area contributed by atoms with Gasteiger partial charge in [0.2, 0.25) is 0 Å². The van der Waals surface area contributed by atoms with E-state index >= 15 is 0 Å². The molecule has 4 heteroatoms. The zero-order valence-electron chi connectivity index (χ0n) is 9.78. The largest absolute Gasteiger partial charge is 0.464 e. The Balaban J connectivity index is 2.33. The number of benzene rings is 1. The van der Waals surface area contributed by atoms with Crippen molar-refractivity contribution >= 4 is 17.6 Å². The van der Waals surface area contributed by atoms with Gasteiger partial charge >= 0.3 is 5.97 Å². The molecule has 0 radical (unpaired) electrons.